The van der Waals surface area contributed by atoms with Gasteiger partial charge < -0.3 is 5.32 Å². The van der Waals surface area contributed by atoms with Gasteiger partial charge in [-0.1, -0.05) is 12.1 Å². The number of thioether (sulfide) groups is 1. The Balaban J connectivity index is 1.63. The summed E-state index contributed by atoms with van der Waals surface area (Å²) in [4.78, 5) is 23.8. The van der Waals surface area contributed by atoms with Crippen LogP contribution in [0.3, 0.4) is 0 Å². The van der Waals surface area contributed by atoms with Crippen molar-refractivity contribution in [1.82, 2.24) is 20.2 Å². The average molecular weight is 385 g/mol. The number of amides is 1. The Labute approximate surface area is 159 Å². The highest BCUT2D eigenvalue weighted by atomic mass is 32.2. The number of nitrogens with one attached hydrogen (secondary N) is 1. The molecule has 0 spiro atoms. The van der Waals surface area contributed by atoms with Crippen LogP contribution in [0.2, 0.25) is 0 Å². The highest BCUT2D eigenvalue weighted by Gasteiger charge is 2.11. The van der Waals surface area contributed by atoms with Crippen molar-refractivity contribution in [2.45, 2.75) is 18.7 Å². The minimum absolute atomic E-state index is 0.0322. The summed E-state index contributed by atoms with van der Waals surface area (Å²) in [6.45, 7) is 3.15. The number of carbonyl (C=O) groups excluding carboxylic acids is 2. The van der Waals surface area contributed by atoms with Gasteiger partial charge in [0, 0.05) is 16.1 Å². The van der Waals surface area contributed by atoms with E-state index >= 15 is 0 Å². The highest BCUT2D eigenvalue weighted by molar-refractivity contribution is 8.00. The van der Waals surface area contributed by atoms with Crippen molar-refractivity contribution in [3.8, 4) is 5.69 Å². The van der Waals surface area contributed by atoms with Gasteiger partial charge in [0.2, 0.25) is 5.91 Å². The first-order chi connectivity index (χ1) is 12.9. The third kappa shape index (κ3) is 4.56. The third-order valence-corrected chi connectivity index (χ3v) is 4.75. The summed E-state index contributed by atoms with van der Waals surface area (Å²) in [6, 6.07) is 11.3. The molecule has 1 heterocycles. The number of hydrogen-bond acceptors (Lipinski definition) is 6. The molecule has 3 rings (SSSR count). The number of anilines is 1. The molecule has 0 atom stereocenters. The quantitative estimate of drug-likeness (QED) is 0.518. The molecule has 9 heteroatoms. The van der Waals surface area contributed by atoms with Crippen LogP contribution in [0.25, 0.3) is 5.69 Å². The molecule has 1 amide bonds. The van der Waals surface area contributed by atoms with Gasteiger partial charge in [0.1, 0.15) is 5.82 Å². The van der Waals surface area contributed by atoms with E-state index in [1.807, 2.05) is 6.07 Å². The predicted molar refractivity (Wildman–Crippen MR) is 99.6 cm³/mol. The van der Waals surface area contributed by atoms with Gasteiger partial charge in [0.15, 0.2) is 11.6 Å². The summed E-state index contributed by atoms with van der Waals surface area (Å²) >= 11 is 1.06. The second kappa shape index (κ2) is 8.09. The van der Waals surface area contributed by atoms with E-state index in [4.69, 9.17) is 0 Å². The molecule has 138 valence electrons. The summed E-state index contributed by atoms with van der Waals surface area (Å²) < 4.78 is 15.6. The van der Waals surface area contributed by atoms with Crippen LogP contribution in [-0.2, 0) is 4.79 Å². The van der Waals surface area contributed by atoms with Gasteiger partial charge in [-0.2, -0.15) is 4.68 Å². The Morgan fingerprint density at radius 3 is 2.70 bits per heavy atom. The first-order valence-electron chi connectivity index (χ1n) is 8.02. The van der Waals surface area contributed by atoms with E-state index in [1.165, 1.54) is 19.1 Å². The maximum absolute atomic E-state index is 14.0. The fourth-order valence-corrected chi connectivity index (χ4v) is 3.08. The zero-order valence-electron chi connectivity index (χ0n) is 14.6. The van der Waals surface area contributed by atoms with E-state index in [9.17, 15) is 14.0 Å². The number of Topliss-reactive ketones (excluding diaryl/α,β-unsaturated/α-hetero) is 1. The summed E-state index contributed by atoms with van der Waals surface area (Å²) in [5.74, 6) is -0.346. The number of hydrogen-bond donors (Lipinski definition) is 1. The number of carbonyl (C=O) groups is 2. The van der Waals surface area contributed by atoms with Crippen LogP contribution >= 0.6 is 11.8 Å². The lowest BCUT2D eigenvalue weighted by atomic mass is 10.1. The molecule has 0 aliphatic carbocycles. The van der Waals surface area contributed by atoms with E-state index in [2.05, 4.69) is 20.8 Å². The molecule has 0 bridgehead atoms. The van der Waals surface area contributed by atoms with Crippen molar-refractivity contribution in [3.63, 3.8) is 0 Å². The minimum atomic E-state index is -0.517. The zero-order chi connectivity index (χ0) is 19.4. The van der Waals surface area contributed by atoms with Crippen LogP contribution in [0.4, 0.5) is 10.1 Å². The molecule has 2 aromatic carbocycles. The molecule has 0 saturated carbocycles. The number of ketones is 1. The predicted octanol–water partition coefficient (Wildman–Crippen LogP) is 3.04. The molecule has 0 aliphatic heterocycles. The molecule has 0 saturated heterocycles. The molecule has 0 unspecified atom stereocenters. The van der Waals surface area contributed by atoms with Crippen LogP contribution in [0.15, 0.2) is 47.4 Å². The summed E-state index contributed by atoms with van der Waals surface area (Å²) in [7, 11) is 0. The van der Waals surface area contributed by atoms with Crippen LogP contribution in [0.5, 0.6) is 0 Å². The summed E-state index contributed by atoms with van der Waals surface area (Å²) in [5.41, 5.74) is 1.60. The average Bonchev–Trinajstić information content (AvgIpc) is 3.06. The Hall–Kier alpha value is -3.07. The molecule has 3 aromatic rings. The topological polar surface area (TPSA) is 89.8 Å². The molecule has 0 aliphatic rings. The molecule has 1 aromatic heterocycles. The van der Waals surface area contributed by atoms with Crippen molar-refractivity contribution in [2.24, 2.45) is 0 Å². The van der Waals surface area contributed by atoms with Gasteiger partial charge in [0.05, 0.1) is 11.4 Å². The zero-order valence-corrected chi connectivity index (χ0v) is 15.5. The number of nitrogens with zero attached hydrogens (tertiary/aromatic N) is 4. The van der Waals surface area contributed by atoms with E-state index < -0.39 is 5.82 Å². The van der Waals surface area contributed by atoms with Crippen LogP contribution < -0.4 is 5.32 Å². The van der Waals surface area contributed by atoms with Gasteiger partial charge in [-0.3, -0.25) is 9.59 Å². The van der Waals surface area contributed by atoms with Gasteiger partial charge in [-0.25, -0.2) is 4.39 Å². The van der Waals surface area contributed by atoms with Crippen LogP contribution in [0.1, 0.15) is 23.1 Å². The van der Waals surface area contributed by atoms with Crippen LogP contribution in [0, 0.1) is 12.7 Å². The second-order valence-corrected chi connectivity index (χ2v) is 6.74. The maximum Gasteiger partial charge on any atom is 0.234 e. The lowest BCUT2D eigenvalue weighted by molar-refractivity contribution is -0.113. The van der Waals surface area contributed by atoms with Gasteiger partial charge in [-0.15, -0.1) is 16.9 Å². The van der Waals surface area contributed by atoms with E-state index in [1.54, 1.807) is 35.9 Å². The molecule has 7 nitrogen and oxygen atoms in total. The lowest BCUT2D eigenvalue weighted by Gasteiger charge is -2.08. The maximum atomic E-state index is 14.0. The summed E-state index contributed by atoms with van der Waals surface area (Å²) in [6.07, 6.45) is 0. The molecule has 0 fully saturated rings. The molecular weight excluding hydrogens is 369 g/mol. The first kappa shape index (κ1) is 18.7. The molecular formula is C18H16FN5O2S. The number of benzene rings is 2. The van der Waals surface area contributed by atoms with E-state index in [-0.39, 0.29) is 17.4 Å². The molecule has 27 heavy (non-hydrogen) atoms. The third-order valence-electron chi connectivity index (χ3n) is 3.70. The van der Waals surface area contributed by atoms with E-state index in [0.717, 1.165) is 11.8 Å². The van der Waals surface area contributed by atoms with Gasteiger partial charge >= 0.3 is 0 Å². The van der Waals surface area contributed by atoms with Gasteiger partial charge in [0.25, 0.3) is 0 Å². The largest absolute Gasteiger partial charge is 0.325 e. The van der Waals surface area contributed by atoms with Crippen LogP contribution in [-0.4, -0.2) is 37.7 Å². The second-order valence-electron chi connectivity index (χ2n) is 5.73. The minimum Gasteiger partial charge on any atom is -0.325 e. The molecule has 1 N–H and O–H groups in total. The first-order valence-corrected chi connectivity index (χ1v) is 9.01. The Morgan fingerprint density at radius 1 is 1.22 bits per heavy atom. The fraction of sp³-hybridized carbons (Fsp3) is 0.167. The van der Waals surface area contributed by atoms with Crippen molar-refractivity contribution in [3.05, 3.63) is 59.7 Å². The highest BCUT2D eigenvalue weighted by Crippen LogP contribution is 2.23. The normalized spacial score (nSPS) is 10.6. The number of aromatic nitrogens is 4. The van der Waals surface area contributed by atoms with Crippen molar-refractivity contribution in [1.29, 1.82) is 0 Å². The lowest BCUT2D eigenvalue weighted by Crippen LogP contribution is -2.14. The number of halogens is 1. The van der Waals surface area contributed by atoms with Crippen molar-refractivity contribution >= 4 is 29.1 Å². The standard InChI is InChI=1S/C18H16FN5O2S/c1-11(25)13-6-7-17(16(19)8-13)27-10-18(26)20-14-4-3-5-15(9-14)24-12(2)21-22-23-24/h3-9H,10H2,1-2H3,(H,20,26). The number of tetrazole rings is 1. The number of aryl methyl sites for hydroxylation is 1. The Kier molecular flexibility index (Phi) is 5.60. The number of rotatable bonds is 6. The monoisotopic (exact) mass is 385 g/mol. The Bertz CT molecular complexity index is 1000. The SMILES string of the molecule is CC(=O)c1ccc(SCC(=O)Nc2cccc(-n3nnnc3C)c2)c(F)c1. The summed E-state index contributed by atoms with van der Waals surface area (Å²) in [5, 5.41) is 14.1. The Morgan fingerprint density at radius 2 is 2.04 bits per heavy atom. The van der Waals surface area contributed by atoms with Crippen molar-refractivity contribution in [2.75, 3.05) is 11.1 Å². The van der Waals surface area contributed by atoms with Crippen molar-refractivity contribution < 1.29 is 14.0 Å². The smallest absolute Gasteiger partial charge is 0.234 e. The van der Waals surface area contributed by atoms with E-state index in [0.29, 0.717) is 27.7 Å². The van der Waals surface area contributed by atoms with Gasteiger partial charge in [-0.05, 0) is 54.6 Å². The fourth-order valence-electron chi connectivity index (χ4n) is 2.36. The molecule has 0 radical (unpaired) electrons.